The minimum atomic E-state index is -0.741. The van der Waals surface area contributed by atoms with Gasteiger partial charge in [0.05, 0.1) is 5.92 Å². The van der Waals surface area contributed by atoms with E-state index in [0.29, 0.717) is 0 Å². The van der Waals surface area contributed by atoms with E-state index in [1.807, 2.05) is 0 Å². The van der Waals surface area contributed by atoms with Crippen LogP contribution in [0.15, 0.2) is 0 Å². The van der Waals surface area contributed by atoms with Crippen molar-refractivity contribution in [2.75, 3.05) is 0 Å². The molecular formula is C4H9O2Rb. The van der Waals surface area contributed by atoms with Crippen LogP contribution in [0.3, 0.4) is 0 Å². The number of carboxylic acid groups (broad SMARTS) is 1. The quantitative estimate of drug-likeness (QED) is 0.611. The second-order valence-electron chi connectivity index (χ2n) is 1.49. The van der Waals surface area contributed by atoms with Crippen molar-refractivity contribution in [3.63, 3.8) is 0 Å². The Labute approximate surface area is 92.1 Å². The Morgan fingerprint density at radius 1 is 1.57 bits per heavy atom. The van der Waals surface area contributed by atoms with Crippen molar-refractivity contribution in [1.29, 1.82) is 0 Å². The Morgan fingerprint density at radius 2 is 1.71 bits per heavy atom. The summed E-state index contributed by atoms with van der Waals surface area (Å²) in [5.41, 5.74) is 0. The van der Waals surface area contributed by atoms with Crippen LogP contribution in [0.5, 0.6) is 0 Å². The second kappa shape index (κ2) is 5.41. The third-order valence-corrected chi connectivity index (χ3v) is 0.494. The Balaban J connectivity index is 0. The van der Waals surface area contributed by atoms with Gasteiger partial charge in [0.25, 0.3) is 0 Å². The zero-order valence-electron chi connectivity index (χ0n) is 3.93. The van der Waals surface area contributed by atoms with Crippen LogP contribution in [0.4, 0.5) is 0 Å². The van der Waals surface area contributed by atoms with Gasteiger partial charge < -0.3 is 5.11 Å². The van der Waals surface area contributed by atoms with Gasteiger partial charge in [-0.05, 0) is 0 Å². The maximum absolute atomic E-state index is 9.70. The molecule has 0 heterocycles. The van der Waals surface area contributed by atoms with Gasteiger partial charge in [0.1, 0.15) is 0 Å². The average molecular weight is 175 g/mol. The van der Waals surface area contributed by atoms with Gasteiger partial charge in [-0.2, -0.15) is 0 Å². The molecule has 0 saturated heterocycles. The normalized spacial score (nSPS) is 7.86. The summed E-state index contributed by atoms with van der Waals surface area (Å²) in [5.74, 6) is -0.972. The van der Waals surface area contributed by atoms with E-state index in [-0.39, 0.29) is 64.1 Å². The fourth-order valence-corrected chi connectivity index (χ4v) is 0. The van der Waals surface area contributed by atoms with Crippen molar-refractivity contribution >= 4 is 64.2 Å². The standard InChI is InChI=1S/C4H8O2.Rb.H/c1-3(2)4(5)6;;/h3H,1-2H3,(H,5,6);;. The molecule has 0 atom stereocenters. The van der Waals surface area contributed by atoms with Crippen molar-refractivity contribution < 1.29 is 9.90 Å². The molecule has 0 aromatic heterocycles. The van der Waals surface area contributed by atoms with E-state index in [1.54, 1.807) is 13.8 Å². The van der Waals surface area contributed by atoms with Crippen LogP contribution in [-0.2, 0) is 4.79 Å². The SMILES string of the molecule is CC(C)C(=O)O.[RbH]. The number of carbonyl (C=O) groups is 1. The van der Waals surface area contributed by atoms with Gasteiger partial charge in [-0.3, -0.25) is 4.79 Å². The number of rotatable bonds is 1. The Bertz CT molecular complexity index is 60.7. The summed E-state index contributed by atoms with van der Waals surface area (Å²) < 4.78 is 0. The average Bonchev–Trinajstić information content (AvgIpc) is 1.36. The van der Waals surface area contributed by atoms with Gasteiger partial charge in [-0.15, -0.1) is 0 Å². The second-order valence-corrected chi connectivity index (χ2v) is 1.49. The molecule has 7 heavy (non-hydrogen) atoms. The van der Waals surface area contributed by atoms with Gasteiger partial charge in [0, 0.05) is 0 Å². The molecule has 1 N–H and O–H groups in total. The van der Waals surface area contributed by atoms with E-state index in [2.05, 4.69) is 0 Å². The molecule has 0 aliphatic rings. The molecule has 2 nitrogen and oxygen atoms in total. The predicted octanol–water partition coefficient (Wildman–Crippen LogP) is 0.0785. The third-order valence-electron chi connectivity index (χ3n) is 0.494. The van der Waals surface area contributed by atoms with Crippen LogP contribution in [0.25, 0.3) is 0 Å². The Morgan fingerprint density at radius 3 is 1.71 bits per heavy atom. The topological polar surface area (TPSA) is 37.3 Å². The number of carboxylic acids is 1. The first-order valence-corrected chi connectivity index (χ1v) is 1.87. The van der Waals surface area contributed by atoms with Crippen molar-refractivity contribution in [2.24, 2.45) is 5.92 Å². The van der Waals surface area contributed by atoms with E-state index >= 15 is 0 Å². The maximum atomic E-state index is 9.70. The van der Waals surface area contributed by atoms with Crippen LogP contribution >= 0.6 is 0 Å². The van der Waals surface area contributed by atoms with E-state index in [1.165, 1.54) is 0 Å². The zero-order chi connectivity index (χ0) is 5.15. The molecule has 0 spiro atoms. The fourth-order valence-electron chi connectivity index (χ4n) is 0. The Kier molecular flexibility index (Phi) is 8.60. The third kappa shape index (κ3) is 7.28. The van der Waals surface area contributed by atoms with Gasteiger partial charge in [0.15, 0.2) is 0 Å². The van der Waals surface area contributed by atoms with Gasteiger partial charge in [0.2, 0.25) is 0 Å². The predicted molar refractivity (Wildman–Crippen MR) is 29.6 cm³/mol. The molecule has 38 valence electrons. The van der Waals surface area contributed by atoms with Crippen LogP contribution in [0.1, 0.15) is 13.8 Å². The molecule has 0 aromatic rings. The molecule has 0 radical (unpaired) electrons. The summed E-state index contributed by atoms with van der Waals surface area (Å²) in [7, 11) is 0. The van der Waals surface area contributed by atoms with Crippen molar-refractivity contribution in [3.05, 3.63) is 0 Å². The molecule has 0 aliphatic heterocycles. The van der Waals surface area contributed by atoms with Crippen molar-refractivity contribution in [3.8, 4) is 0 Å². The van der Waals surface area contributed by atoms with Crippen LogP contribution in [0.2, 0.25) is 0 Å². The van der Waals surface area contributed by atoms with Crippen LogP contribution in [-0.4, -0.2) is 69.3 Å². The molecule has 0 rings (SSSR count). The molecule has 0 saturated carbocycles. The van der Waals surface area contributed by atoms with Crippen LogP contribution in [0, 0.1) is 5.92 Å². The van der Waals surface area contributed by atoms with Crippen LogP contribution < -0.4 is 0 Å². The first-order valence-electron chi connectivity index (χ1n) is 1.87. The molecule has 0 aromatic carbocycles. The molecule has 0 unspecified atom stereocenters. The summed E-state index contributed by atoms with van der Waals surface area (Å²) in [6, 6.07) is 0. The monoisotopic (exact) mass is 174 g/mol. The first-order chi connectivity index (χ1) is 2.64. The van der Waals surface area contributed by atoms with E-state index < -0.39 is 5.97 Å². The summed E-state index contributed by atoms with van der Waals surface area (Å²) in [6.07, 6.45) is 0. The fraction of sp³-hybridized carbons (Fsp3) is 0.750. The van der Waals surface area contributed by atoms with E-state index in [0.717, 1.165) is 0 Å². The molecule has 0 aliphatic carbocycles. The summed E-state index contributed by atoms with van der Waals surface area (Å²) in [4.78, 5) is 9.70. The minimum absolute atomic E-state index is 0. The molecule has 0 fully saturated rings. The van der Waals surface area contributed by atoms with E-state index in [9.17, 15) is 4.79 Å². The summed E-state index contributed by atoms with van der Waals surface area (Å²) in [6.45, 7) is 3.28. The van der Waals surface area contributed by atoms with E-state index in [4.69, 9.17) is 5.11 Å². The summed E-state index contributed by atoms with van der Waals surface area (Å²) >= 11 is 0. The zero-order valence-corrected chi connectivity index (χ0v) is 3.93. The van der Waals surface area contributed by atoms with Gasteiger partial charge in [-0.1, -0.05) is 13.8 Å². The Hall–Kier alpha value is 1.28. The van der Waals surface area contributed by atoms with Gasteiger partial charge >= 0.3 is 64.2 Å². The molecule has 0 amide bonds. The van der Waals surface area contributed by atoms with Crippen molar-refractivity contribution in [1.82, 2.24) is 0 Å². The van der Waals surface area contributed by atoms with Crippen molar-refractivity contribution in [2.45, 2.75) is 13.8 Å². The molecular weight excluding hydrogens is 166 g/mol. The van der Waals surface area contributed by atoms with Gasteiger partial charge in [-0.25, -0.2) is 0 Å². The molecule has 0 bridgehead atoms. The first kappa shape index (κ1) is 11.1. The number of aliphatic carboxylic acids is 1. The molecule has 3 heteroatoms. The summed E-state index contributed by atoms with van der Waals surface area (Å²) in [5, 5.41) is 7.99. The number of hydrogen-bond donors (Lipinski definition) is 1. The number of hydrogen-bond acceptors (Lipinski definition) is 1.